The molecule has 8 heteroatoms. The third-order valence-electron chi connectivity index (χ3n) is 4.13. The Kier molecular flexibility index (Phi) is 7.68. The number of amides is 1. The van der Waals surface area contributed by atoms with Crippen LogP contribution in [0.4, 0.5) is 0 Å². The Labute approximate surface area is 193 Å². The minimum absolute atomic E-state index is 0.0132. The highest BCUT2D eigenvalue weighted by Gasteiger charge is 2.31. The summed E-state index contributed by atoms with van der Waals surface area (Å²) in [5.41, 5.74) is 1.83. The summed E-state index contributed by atoms with van der Waals surface area (Å²) in [5, 5.41) is 1.77. The number of hydrogen-bond donors (Lipinski definition) is 0. The Morgan fingerprint density at radius 1 is 1.17 bits per heavy atom. The van der Waals surface area contributed by atoms with Crippen LogP contribution in [-0.4, -0.2) is 29.1 Å². The van der Waals surface area contributed by atoms with Crippen molar-refractivity contribution in [3.05, 3.63) is 66.9 Å². The molecule has 1 amide bonds. The summed E-state index contributed by atoms with van der Waals surface area (Å²) in [6, 6.07) is 11.1. The van der Waals surface area contributed by atoms with E-state index < -0.39 is 0 Å². The Morgan fingerprint density at radius 2 is 1.97 bits per heavy atom. The van der Waals surface area contributed by atoms with E-state index in [0.29, 0.717) is 40.4 Å². The van der Waals surface area contributed by atoms with Crippen molar-refractivity contribution in [2.45, 2.75) is 20.5 Å². The molecule has 1 heterocycles. The van der Waals surface area contributed by atoms with Gasteiger partial charge in [-0.05, 0) is 83.0 Å². The molecular weight excluding hydrogens is 495 g/mol. The molecule has 0 atom stereocenters. The molecule has 0 aliphatic carbocycles. The van der Waals surface area contributed by atoms with Gasteiger partial charge in [-0.1, -0.05) is 35.3 Å². The predicted octanol–water partition coefficient (Wildman–Crippen LogP) is 6.65. The molecule has 0 bridgehead atoms. The van der Waals surface area contributed by atoms with Crippen molar-refractivity contribution >= 4 is 68.0 Å². The number of carbonyl (C=O) groups excluding carboxylic acids is 1. The van der Waals surface area contributed by atoms with E-state index in [1.807, 2.05) is 44.2 Å². The first kappa shape index (κ1) is 22.2. The van der Waals surface area contributed by atoms with E-state index in [9.17, 15) is 4.79 Å². The molecule has 0 saturated carbocycles. The van der Waals surface area contributed by atoms with Crippen LogP contribution in [0.2, 0.25) is 10.0 Å². The van der Waals surface area contributed by atoms with Crippen LogP contribution in [-0.2, 0) is 11.4 Å². The number of benzene rings is 2. The summed E-state index contributed by atoms with van der Waals surface area (Å²) in [7, 11) is 0. The summed E-state index contributed by atoms with van der Waals surface area (Å²) >= 11 is 16.9. The molecule has 4 nitrogen and oxygen atoms in total. The van der Waals surface area contributed by atoms with Gasteiger partial charge >= 0.3 is 0 Å². The van der Waals surface area contributed by atoms with Crippen LogP contribution in [0.3, 0.4) is 0 Å². The number of hydrogen-bond acceptors (Lipinski definition) is 4. The molecule has 0 N–H and O–H groups in total. The number of nitrogens with zero attached hydrogens (tertiary/aromatic N) is 2. The monoisotopic (exact) mass is 512 g/mol. The molecule has 3 rings (SSSR count). The second kappa shape index (κ2) is 10.0. The normalized spacial score (nSPS) is 16.9. The molecule has 0 unspecified atom stereocenters. The number of halogens is 3. The number of likely N-dealkylation sites (N-methyl/N-ethyl adjacent to an activating group) is 1. The van der Waals surface area contributed by atoms with E-state index in [0.717, 1.165) is 20.8 Å². The van der Waals surface area contributed by atoms with Gasteiger partial charge in [-0.15, -0.1) is 0 Å². The molecule has 2 aromatic rings. The van der Waals surface area contributed by atoms with Gasteiger partial charge in [0.15, 0.2) is 5.17 Å². The zero-order valence-corrected chi connectivity index (χ0v) is 19.8. The first-order valence-corrected chi connectivity index (χ1v) is 11.4. The number of ether oxygens (including phenoxy) is 1. The van der Waals surface area contributed by atoms with E-state index in [2.05, 4.69) is 20.9 Å². The van der Waals surface area contributed by atoms with Crippen LogP contribution in [0.25, 0.3) is 6.08 Å². The lowest BCUT2D eigenvalue weighted by molar-refractivity contribution is -0.122. The molecule has 1 saturated heterocycles. The largest absolute Gasteiger partial charge is 0.488 e. The fraction of sp³-hybridized carbons (Fsp3) is 0.238. The molecule has 1 aliphatic rings. The number of amidine groups is 1. The first-order chi connectivity index (χ1) is 13.9. The summed E-state index contributed by atoms with van der Waals surface area (Å²) < 4.78 is 6.68. The van der Waals surface area contributed by atoms with Crippen molar-refractivity contribution in [1.29, 1.82) is 0 Å². The lowest BCUT2D eigenvalue weighted by Gasteiger charge is -2.11. The Hall–Kier alpha value is -1.47. The quantitative estimate of drug-likeness (QED) is 0.406. The third-order valence-corrected chi connectivity index (χ3v) is 6.53. The third kappa shape index (κ3) is 5.37. The summed E-state index contributed by atoms with van der Waals surface area (Å²) in [5.74, 6) is 0.688. The Bertz CT molecular complexity index is 995. The maximum Gasteiger partial charge on any atom is 0.266 e. The summed E-state index contributed by atoms with van der Waals surface area (Å²) in [4.78, 5) is 19.4. The van der Waals surface area contributed by atoms with Gasteiger partial charge in [-0.25, -0.2) is 0 Å². The standard InChI is InChI=1S/C21H19BrCl2N2O2S/c1-3-25-21-26(4-2)20(27)19(29-21)11-13-6-8-18(15(22)9-13)28-12-14-5-7-16(23)17(24)10-14/h5-11H,3-4,12H2,1-2H3/b19-11-,25-21?. The van der Waals surface area contributed by atoms with Crippen LogP contribution in [0.5, 0.6) is 5.75 Å². The number of rotatable bonds is 6. The van der Waals surface area contributed by atoms with Crippen molar-refractivity contribution in [3.8, 4) is 5.75 Å². The van der Waals surface area contributed by atoms with Crippen molar-refractivity contribution < 1.29 is 9.53 Å². The topological polar surface area (TPSA) is 41.9 Å². The summed E-state index contributed by atoms with van der Waals surface area (Å²) in [6.45, 7) is 5.53. The van der Waals surface area contributed by atoms with E-state index in [-0.39, 0.29) is 5.91 Å². The van der Waals surface area contributed by atoms with Gasteiger partial charge in [-0.2, -0.15) is 0 Å². The maximum atomic E-state index is 12.6. The number of thioether (sulfide) groups is 1. The van der Waals surface area contributed by atoms with Gasteiger partial charge < -0.3 is 4.74 Å². The lowest BCUT2D eigenvalue weighted by atomic mass is 10.2. The molecule has 29 heavy (non-hydrogen) atoms. The molecule has 0 aromatic heterocycles. The van der Waals surface area contributed by atoms with Gasteiger partial charge in [0.1, 0.15) is 12.4 Å². The van der Waals surface area contributed by atoms with Crippen molar-refractivity contribution in [2.75, 3.05) is 13.1 Å². The van der Waals surface area contributed by atoms with Gasteiger partial charge in [0.05, 0.1) is 19.4 Å². The van der Waals surface area contributed by atoms with Gasteiger partial charge in [0.25, 0.3) is 5.91 Å². The molecule has 1 fully saturated rings. The zero-order chi connectivity index (χ0) is 21.0. The predicted molar refractivity (Wildman–Crippen MR) is 126 cm³/mol. The van der Waals surface area contributed by atoms with Crippen LogP contribution >= 0.6 is 50.9 Å². The van der Waals surface area contributed by atoms with Crippen LogP contribution in [0, 0.1) is 0 Å². The SMILES string of the molecule is CCN=C1S/C(=C\c2ccc(OCc3ccc(Cl)c(Cl)c3)c(Br)c2)C(=O)N1CC. The Balaban J connectivity index is 1.74. The highest BCUT2D eigenvalue weighted by molar-refractivity contribution is 9.10. The molecule has 1 aliphatic heterocycles. The molecular formula is C21H19BrCl2N2O2S. The molecule has 0 spiro atoms. The fourth-order valence-electron chi connectivity index (χ4n) is 2.71. The molecule has 152 valence electrons. The van der Waals surface area contributed by atoms with Gasteiger partial charge in [-0.3, -0.25) is 14.7 Å². The maximum absolute atomic E-state index is 12.6. The number of aliphatic imine (C=N–C) groups is 1. The molecule has 2 aromatic carbocycles. The second-order valence-electron chi connectivity index (χ2n) is 6.14. The minimum Gasteiger partial charge on any atom is -0.488 e. The highest BCUT2D eigenvalue weighted by atomic mass is 79.9. The Morgan fingerprint density at radius 3 is 2.62 bits per heavy atom. The van der Waals surface area contributed by atoms with Crippen LogP contribution in [0.1, 0.15) is 25.0 Å². The minimum atomic E-state index is -0.0132. The fourth-order valence-corrected chi connectivity index (χ4v) is 4.64. The summed E-state index contributed by atoms with van der Waals surface area (Å²) in [6.07, 6.45) is 1.88. The van der Waals surface area contributed by atoms with Crippen molar-refractivity contribution in [2.24, 2.45) is 4.99 Å². The first-order valence-electron chi connectivity index (χ1n) is 9.05. The van der Waals surface area contributed by atoms with E-state index in [1.54, 1.807) is 17.0 Å². The van der Waals surface area contributed by atoms with Crippen LogP contribution in [0.15, 0.2) is 50.8 Å². The average Bonchev–Trinajstić information content (AvgIpc) is 2.98. The van der Waals surface area contributed by atoms with Crippen LogP contribution < -0.4 is 4.74 Å². The van der Waals surface area contributed by atoms with Gasteiger partial charge in [0.2, 0.25) is 0 Å². The van der Waals surface area contributed by atoms with E-state index in [1.165, 1.54) is 11.8 Å². The highest BCUT2D eigenvalue weighted by Crippen LogP contribution is 2.34. The second-order valence-corrected chi connectivity index (χ2v) is 8.82. The van der Waals surface area contributed by atoms with Crippen molar-refractivity contribution in [3.63, 3.8) is 0 Å². The van der Waals surface area contributed by atoms with Crippen molar-refractivity contribution in [1.82, 2.24) is 4.90 Å². The smallest absolute Gasteiger partial charge is 0.266 e. The lowest BCUT2D eigenvalue weighted by Crippen LogP contribution is -2.28. The molecule has 0 radical (unpaired) electrons. The van der Waals surface area contributed by atoms with E-state index in [4.69, 9.17) is 27.9 Å². The zero-order valence-electron chi connectivity index (χ0n) is 15.9. The number of carbonyl (C=O) groups is 1. The van der Waals surface area contributed by atoms with E-state index >= 15 is 0 Å². The van der Waals surface area contributed by atoms with Gasteiger partial charge in [0, 0.05) is 13.1 Å². The average molecular weight is 514 g/mol.